The second-order valence-corrected chi connectivity index (χ2v) is 18.9. The fourth-order valence-electron chi connectivity index (χ4n) is 8.31. The maximum Gasteiger partial charge on any atom is 0.306 e. The molecule has 5 heteroatoms. The van der Waals surface area contributed by atoms with Crippen molar-refractivity contribution in [3.05, 3.63) is 24.3 Å². The molecule has 0 amide bonds. The van der Waals surface area contributed by atoms with Gasteiger partial charge in [-0.2, -0.15) is 0 Å². The van der Waals surface area contributed by atoms with Gasteiger partial charge in [0, 0.05) is 19.4 Å². The van der Waals surface area contributed by atoms with Crippen molar-refractivity contribution in [3.63, 3.8) is 0 Å². The van der Waals surface area contributed by atoms with Crippen molar-refractivity contribution in [2.24, 2.45) is 0 Å². The first-order valence-electron chi connectivity index (χ1n) is 27.9. The molecule has 1 unspecified atom stereocenters. The van der Waals surface area contributed by atoms with E-state index in [0.29, 0.717) is 26.1 Å². The molecule has 0 aromatic heterocycles. The molecule has 1 atom stereocenters. The Morgan fingerprint density at radius 2 is 0.677 bits per heavy atom. The molecular weight excluding hydrogens is 765 g/mol. The zero-order chi connectivity index (χ0) is 44.9. The zero-order valence-electron chi connectivity index (χ0n) is 42.2. The summed E-state index contributed by atoms with van der Waals surface area (Å²) in [4.78, 5) is 25.4. The lowest BCUT2D eigenvalue weighted by Gasteiger charge is -2.18. The SMILES string of the molecule is CCCCC/C=C\C/C=C\CCCCCCCCCC(=O)OCC(COCCCCCCCCCCCCCCCCCCCC)OC(=O)CCCCCCCCCCCCC. The van der Waals surface area contributed by atoms with E-state index in [1.807, 2.05) is 0 Å². The Hall–Kier alpha value is -1.62. The fourth-order valence-corrected chi connectivity index (χ4v) is 8.31. The summed E-state index contributed by atoms with van der Waals surface area (Å²) >= 11 is 0. The maximum atomic E-state index is 12.8. The van der Waals surface area contributed by atoms with E-state index in [-0.39, 0.29) is 18.5 Å². The van der Waals surface area contributed by atoms with Crippen molar-refractivity contribution >= 4 is 11.9 Å². The van der Waals surface area contributed by atoms with Gasteiger partial charge in [0.25, 0.3) is 0 Å². The van der Waals surface area contributed by atoms with Gasteiger partial charge in [-0.3, -0.25) is 9.59 Å². The van der Waals surface area contributed by atoms with Gasteiger partial charge in [0.2, 0.25) is 0 Å². The molecule has 0 aliphatic heterocycles. The molecule has 0 spiro atoms. The molecular formula is C57H108O5. The first-order valence-corrected chi connectivity index (χ1v) is 27.9. The van der Waals surface area contributed by atoms with Crippen LogP contribution >= 0.6 is 0 Å². The molecule has 0 N–H and O–H groups in total. The highest BCUT2D eigenvalue weighted by molar-refractivity contribution is 5.70. The number of hydrogen-bond donors (Lipinski definition) is 0. The minimum atomic E-state index is -0.531. The van der Waals surface area contributed by atoms with E-state index in [2.05, 4.69) is 45.1 Å². The summed E-state index contributed by atoms with van der Waals surface area (Å²) in [6, 6.07) is 0. The third-order valence-electron chi connectivity index (χ3n) is 12.5. The summed E-state index contributed by atoms with van der Waals surface area (Å²) in [5, 5.41) is 0. The van der Waals surface area contributed by atoms with Gasteiger partial charge < -0.3 is 14.2 Å². The Morgan fingerprint density at radius 3 is 1.10 bits per heavy atom. The second kappa shape index (κ2) is 53.7. The van der Waals surface area contributed by atoms with E-state index in [1.165, 1.54) is 231 Å². The van der Waals surface area contributed by atoms with Gasteiger partial charge >= 0.3 is 11.9 Å². The van der Waals surface area contributed by atoms with E-state index in [1.54, 1.807) is 0 Å². The van der Waals surface area contributed by atoms with Crippen LogP contribution in [0.4, 0.5) is 0 Å². The molecule has 5 nitrogen and oxygen atoms in total. The van der Waals surface area contributed by atoms with Crippen LogP contribution < -0.4 is 0 Å². The van der Waals surface area contributed by atoms with E-state index >= 15 is 0 Å². The van der Waals surface area contributed by atoms with Gasteiger partial charge in [-0.05, 0) is 51.4 Å². The first-order chi connectivity index (χ1) is 30.6. The Balaban J connectivity index is 4.17. The Labute approximate surface area is 387 Å². The molecule has 366 valence electrons. The summed E-state index contributed by atoms with van der Waals surface area (Å²) in [7, 11) is 0. The highest BCUT2D eigenvalue weighted by Gasteiger charge is 2.17. The van der Waals surface area contributed by atoms with Crippen LogP contribution in [0.3, 0.4) is 0 Å². The van der Waals surface area contributed by atoms with Crippen molar-refractivity contribution in [2.45, 2.75) is 309 Å². The Bertz CT molecular complexity index is 943. The number of rotatable bonds is 52. The van der Waals surface area contributed by atoms with Crippen LogP contribution in [0, 0.1) is 0 Å². The quantitative estimate of drug-likeness (QED) is 0.0346. The summed E-state index contributed by atoms with van der Waals surface area (Å²) in [5.74, 6) is -0.386. The first kappa shape index (κ1) is 60.4. The largest absolute Gasteiger partial charge is 0.462 e. The number of carbonyl (C=O) groups is 2. The van der Waals surface area contributed by atoms with Gasteiger partial charge in [-0.15, -0.1) is 0 Å². The van der Waals surface area contributed by atoms with E-state index in [0.717, 1.165) is 38.5 Å². The number of esters is 2. The molecule has 0 saturated heterocycles. The van der Waals surface area contributed by atoms with Crippen LogP contribution in [0.2, 0.25) is 0 Å². The third-order valence-corrected chi connectivity index (χ3v) is 12.5. The van der Waals surface area contributed by atoms with Crippen LogP contribution in [0.25, 0.3) is 0 Å². The lowest BCUT2D eigenvalue weighted by molar-refractivity contribution is -0.163. The summed E-state index contributed by atoms with van der Waals surface area (Å²) in [5.41, 5.74) is 0. The average molecular weight is 873 g/mol. The number of unbranched alkanes of at least 4 members (excludes halogenated alkanes) is 37. The third kappa shape index (κ3) is 51.0. The van der Waals surface area contributed by atoms with E-state index in [9.17, 15) is 9.59 Å². The standard InChI is InChI=1S/C57H108O5/c1-4-7-10-13-16-19-22-24-26-28-30-32-34-37-40-43-46-49-52-60-53-55(62-57(59)51-48-45-42-39-35-21-18-15-12-9-6-3)54-61-56(58)50-47-44-41-38-36-33-31-29-27-25-23-20-17-14-11-8-5-2/h17,20,25,27,55H,4-16,18-19,21-24,26,28-54H2,1-3H3/b20-17-,27-25-. The number of carbonyl (C=O) groups excluding carboxylic acids is 2. The summed E-state index contributed by atoms with van der Waals surface area (Å²) in [6.07, 6.45) is 63.3. The molecule has 0 radical (unpaired) electrons. The Morgan fingerprint density at radius 1 is 0.355 bits per heavy atom. The topological polar surface area (TPSA) is 61.8 Å². The van der Waals surface area contributed by atoms with Crippen molar-refractivity contribution in [3.8, 4) is 0 Å². The molecule has 62 heavy (non-hydrogen) atoms. The number of hydrogen-bond acceptors (Lipinski definition) is 5. The fraction of sp³-hybridized carbons (Fsp3) is 0.895. The molecule has 0 bridgehead atoms. The monoisotopic (exact) mass is 873 g/mol. The normalized spacial score (nSPS) is 12.2. The number of allylic oxidation sites excluding steroid dienone is 4. The number of ether oxygens (including phenoxy) is 3. The predicted octanol–water partition coefficient (Wildman–Crippen LogP) is 18.8. The van der Waals surface area contributed by atoms with Gasteiger partial charge in [0.1, 0.15) is 6.61 Å². The molecule has 0 aromatic carbocycles. The van der Waals surface area contributed by atoms with Crippen molar-refractivity contribution in [1.29, 1.82) is 0 Å². The average Bonchev–Trinajstić information content (AvgIpc) is 3.27. The Kier molecular flexibility index (Phi) is 52.3. The molecule has 0 aliphatic rings. The minimum Gasteiger partial charge on any atom is -0.462 e. The summed E-state index contributed by atoms with van der Waals surface area (Å²) < 4.78 is 17.4. The molecule has 0 aliphatic carbocycles. The van der Waals surface area contributed by atoms with Gasteiger partial charge in [-0.25, -0.2) is 0 Å². The summed E-state index contributed by atoms with van der Waals surface area (Å²) in [6.45, 7) is 7.86. The highest BCUT2D eigenvalue weighted by Crippen LogP contribution is 2.16. The predicted molar refractivity (Wildman–Crippen MR) is 270 cm³/mol. The van der Waals surface area contributed by atoms with E-state index in [4.69, 9.17) is 14.2 Å². The van der Waals surface area contributed by atoms with Crippen LogP contribution in [0.1, 0.15) is 303 Å². The van der Waals surface area contributed by atoms with Gasteiger partial charge in [0.05, 0.1) is 6.61 Å². The molecule has 0 fully saturated rings. The highest BCUT2D eigenvalue weighted by atomic mass is 16.6. The minimum absolute atomic E-state index is 0.0889. The molecule has 0 rings (SSSR count). The van der Waals surface area contributed by atoms with Crippen LogP contribution in [0.5, 0.6) is 0 Å². The van der Waals surface area contributed by atoms with Crippen LogP contribution in [0.15, 0.2) is 24.3 Å². The molecule has 0 saturated carbocycles. The smallest absolute Gasteiger partial charge is 0.306 e. The van der Waals surface area contributed by atoms with Crippen molar-refractivity contribution in [2.75, 3.05) is 19.8 Å². The zero-order valence-corrected chi connectivity index (χ0v) is 42.2. The van der Waals surface area contributed by atoms with Crippen molar-refractivity contribution in [1.82, 2.24) is 0 Å². The van der Waals surface area contributed by atoms with Crippen molar-refractivity contribution < 1.29 is 23.8 Å². The van der Waals surface area contributed by atoms with Gasteiger partial charge in [-0.1, -0.05) is 263 Å². The second-order valence-electron chi connectivity index (χ2n) is 18.9. The van der Waals surface area contributed by atoms with Crippen LogP contribution in [-0.4, -0.2) is 37.9 Å². The lowest BCUT2D eigenvalue weighted by Crippen LogP contribution is -2.30. The van der Waals surface area contributed by atoms with E-state index < -0.39 is 6.10 Å². The molecule has 0 heterocycles. The van der Waals surface area contributed by atoms with Crippen LogP contribution in [-0.2, 0) is 23.8 Å². The molecule has 0 aromatic rings. The maximum absolute atomic E-state index is 12.8. The van der Waals surface area contributed by atoms with Gasteiger partial charge in [0.15, 0.2) is 6.10 Å². The lowest BCUT2D eigenvalue weighted by atomic mass is 10.0.